The molecule has 0 aliphatic heterocycles. The Morgan fingerprint density at radius 1 is 1.18 bits per heavy atom. The van der Waals surface area contributed by atoms with Crippen LogP contribution >= 0.6 is 27.7 Å². The van der Waals surface area contributed by atoms with E-state index >= 15 is 0 Å². The van der Waals surface area contributed by atoms with Crippen molar-refractivity contribution in [1.82, 2.24) is 0 Å². The average molecular weight is 383 g/mol. The number of hydrogen-bond donors (Lipinski definition) is 2. The van der Waals surface area contributed by atoms with Crippen molar-refractivity contribution >= 4 is 45.2 Å². The van der Waals surface area contributed by atoms with Gasteiger partial charge in [-0.25, -0.2) is 4.39 Å². The molecule has 0 aliphatic rings. The van der Waals surface area contributed by atoms with Gasteiger partial charge in [-0.2, -0.15) is 0 Å². The Morgan fingerprint density at radius 3 is 2.50 bits per heavy atom. The van der Waals surface area contributed by atoms with Crippen molar-refractivity contribution in [2.24, 2.45) is 5.73 Å². The van der Waals surface area contributed by atoms with Gasteiger partial charge in [0.15, 0.2) is 0 Å². The second kappa shape index (κ2) is 7.42. The van der Waals surface area contributed by atoms with Gasteiger partial charge in [-0.3, -0.25) is 9.59 Å². The summed E-state index contributed by atoms with van der Waals surface area (Å²) in [7, 11) is 0. The summed E-state index contributed by atoms with van der Waals surface area (Å²) in [5.74, 6) is -1.65. The van der Waals surface area contributed by atoms with E-state index in [0.29, 0.717) is 5.69 Å². The highest BCUT2D eigenvalue weighted by Crippen LogP contribution is 2.21. The van der Waals surface area contributed by atoms with Crippen LogP contribution in [0.15, 0.2) is 51.8 Å². The van der Waals surface area contributed by atoms with E-state index in [-0.39, 0.29) is 17.2 Å². The predicted molar refractivity (Wildman–Crippen MR) is 88.4 cm³/mol. The highest BCUT2D eigenvalue weighted by molar-refractivity contribution is 9.10. The van der Waals surface area contributed by atoms with Crippen molar-refractivity contribution in [3.8, 4) is 0 Å². The van der Waals surface area contributed by atoms with E-state index in [9.17, 15) is 14.0 Å². The van der Waals surface area contributed by atoms with Crippen LogP contribution in [0.5, 0.6) is 0 Å². The van der Waals surface area contributed by atoms with Gasteiger partial charge < -0.3 is 11.1 Å². The normalized spacial score (nSPS) is 10.3. The number of carbonyl (C=O) groups excluding carboxylic acids is 2. The van der Waals surface area contributed by atoms with Crippen molar-refractivity contribution in [2.75, 3.05) is 11.1 Å². The molecular formula is C15H12BrFN2O2S. The fourth-order valence-corrected chi connectivity index (χ4v) is 2.63. The Hall–Kier alpha value is -1.86. The number of anilines is 1. The van der Waals surface area contributed by atoms with Crippen LogP contribution < -0.4 is 11.1 Å². The van der Waals surface area contributed by atoms with E-state index in [2.05, 4.69) is 21.2 Å². The first kappa shape index (κ1) is 16.5. The zero-order valence-corrected chi connectivity index (χ0v) is 13.7. The third kappa shape index (κ3) is 4.57. The monoisotopic (exact) mass is 382 g/mol. The fraction of sp³-hybridized carbons (Fsp3) is 0.0667. The number of thioether (sulfide) groups is 1. The highest BCUT2D eigenvalue weighted by atomic mass is 79.9. The minimum atomic E-state index is -0.877. The topological polar surface area (TPSA) is 72.2 Å². The van der Waals surface area contributed by atoms with Gasteiger partial charge in [0.1, 0.15) is 5.82 Å². The maximum Gasteiger partial charge on any atom is 0.251 e. The molecule has 3 N–H and O–H groups in total. The fourth-order valence-electron chi connectivity index (χ4n) is 1.67. The first-order valence-electron chi connectivity index (χ1n) is 6.23. The number of amides is 2. The van der Waals surface area contributed by atoms with Gasteiger partial charge in [0, 0.05) is 15.1 Å². The number of benzene rings is 2. The van der Waals surface area contributed by atoms with Gasteiger partial charge in [-0.1, -0.05) is 15.9 Å². The lowest BCUT2D eigenvalue weighted by Crippen LogP contribution is -2.17. The van der Waals surface area contributed by atoms with Crippen LogP contribution in [0.4, 0.5) is 10.1 Å². The van der Waals surface area contributed by atoms with Gasteiger partial charge >= 0.3 is 0 Å². The lowest BCUT2D eigenvalue weighted by molar-refractivity contribution is -0.113. The van der Waals surface area contributed by atoms with Crippen LogP contribution in [-0.4, -0.2) is 17.6 Å². The van der Waals surface area contributed by atoms with E-state index < -0.39 is 11.7 Å². The summed E-state index contributed by atoms with van der Waals surface area (Å²) >= 11 is 4.71. The maximum atomic E-state index is 13.3. The number of halogens is 2. The van der Waals surface area contributed by atoms with Crippen molar-refractivity contribution in [3.05, 3.63) is 58.3 Å². The highest BCUT2D eigenvalue weighted by Gasteiger charge is 2.10. The van der Waals surface area contributed by atoms with Gasteiger partial charge in [0.2, 0.25) is 5.91 Å². The molecule has 0 aromatic heterocycles. The first-order valence-corrected chi connectivity index (χ1v) is 8.01. The zero-order chi connectivity index (χ0) is 16.1. The summed E-state index contributed by atoms with van der Waals surface area (Å²) in [6, 6.07) is 11.3. The van der Waals surface area contributed by atoms with Gasteiger partial charge in [0.25, 0.3) is 5.91 Å². The van der Waals surface area contributed by atoms with Crippen LogP contribution in [0.1, 0.15) is 10.4 Å². The van der Waals surface area contributed by atoms with E-state index in [0.717, 1.165) is 15.4 Å². The molecule has 0 radical (unpaired) electrons. The number of primary amides is 1. The largest absolute Gasteiger partial charge is 0.366 e. The molecule has 4 nitrogen and oxygen atoms in total. The summed E-state index contributed by atoms with van der Waals surface area (Å²) in [6.07, 6.45) is 0. The predicted octanol–water partition coefficient (Wildman–Crippen LogP) is 3.42. The third-order valence-corrected chi connectivity index (χ3v) is 4.24. The molecule has 2 aromatic carbocycles. The molecule has 0 spiro atoms. The third-order valence-electron chi connectivity index (χ3n) is 2.70. The van der Waals surface area contributed by atoms with Gasteiger partial charge in [0.05, 0.1) is 11.3 Å². The molecule has 114 valence electrons. The molecule has 0 unspecified atom stereocenters. The molecule has 2 aromatic rings. The van der Waals surface area contributed by atoms with Crippen molar-refractivity contribution in [1.29, 1.82) is 0 Å². The van der Waals surface area contributed by atoms with Gasteiger partial charge in [-0.05, 0) is 42.5 Å². The van der Waals surface area contributed by atoms with Crippen LogP contribution in [0, 0.1) is 5.82 Å². The van der Waals surface area contributed by atoms with Gasteiger partial charge in [-0.15, -0.1) is 11.8 Å². The Bertz CT molecular complexity index is 707. The molecule has 0 heterocycles. The average Bonchev–Trinajstić information content (AvgIpc) is 2.48. The summed E-state index contributed by atoms with van der Waals surface area (Å²) in [4.78, 5) is 23.9. The lowest BCUT2D eigenvalue weighted by Gasteiger charge is -2.07. The van der Waals surface area contributed by atoms with Crippen LogP contribution in [-0.2, 0) is 4.79 Å². The number of carbonyl (C=O) groups is 2. The molecule has 0 fully saturated rings. The summed E-state index contributed by atoms with van der Waals surface area (Å²) in [5.41, 5.74) is 5.14. The number of rotatable bonds is 5. The van der Waals surface area contributed by atoms with Crippen molar-refractivity contribution < 1.29 is 14.0 Å². The van der Waals surface area contributed by atoms with E-state index in [1.807, 2.05) is 24.3 Å². The van der Waals surface area contributed by atoms with Crippen LogP contribution in [0.2, 0.25) is 0 Å². The molecule has 7 heteroatoms. The first-order chi connectivity index (χ1) is 10.5. The summed E-state index contributed by atoms with van der Waals surface area (Å²) < 4.78 is 14.3. The summed E-state index contributed by atoms with van der Waals surface area (Å²) in [6.45, 7) is 0. The quantitative estimate of drug-likeness (QED) is 0.778. The standard InChI is InChI=1S/C15H12BrFN2O2S/c16-9-1-4-11(5-2-9)22-8-14(20)19-10-3-6-13(17)12(7-10)15(18)21/h1-7H,8H2,(H2,18,21)(H,19,20). The minimum Gasteiger partial charge on any atom is -0.366 e. The second-order valence-corrected chi connectivity index (χ2v) is 6.31. The smallest absolute Gasteiger partial charge is 0.251 e. The Kier molecular flexibility index (Phi) is 5.57. The molecule has 0 atom stereocenters. The molecule has 0 bridgehead atoms. The molecule has 0 saturated carbocycles. The molecular weight excluding hydrogens is 371 g/mol. The van der Waals surface area contributed by atoms with Crippen molar-refractivity contribution in [2.45, 2.75) is 4.90 Å². The zero-order valence-electron chi connectivity index (χ0n) is 11.3. The number of hydrogen-bond acceptors (Lipinski definition) is 3. The molecule has 22 heavy (non-hydrogen) atoms. The number of nitrogens with two attached hydrogens (primary N) is 1. The molecule has 2 rings (SSSR count). The van der Waals surface area contributed by atoms with Crippen LogP contribution in [0.3, 0.4) is 0 Å². The van der Waals surface area contributed by atoms with E-state index in [1.165, 1.54) is 23.9 Å². The Balaban J connectivity index is 1.96. The van der Waals surface area contributed by atoms with Crippen LogP contribution in [0.25, 0.3) is 0 Å². The SMILES string of the molecule is NC(=O)c1cc(NC(=O)CSc2ccc(Br)cc2)ccc1F. The second-order valence-electron chi connectivity index (χ2n) is 4.35. The molecule has 0 saturated heterocycles. The van der Waals surface area contributed by atoms with E-state index in [1.54, 1.807) is 0 Å². The Labute approximate surface area is 139 Å². The molecule has 0 aliphatic carbocycles. The lowest BCUT2D eigenvalue weighted by atomic mass is 10.2. The van der Waals surface area contributed by atoms with Crippen molar-refractivity contribution in [3.63, 3.8) is 0 Å². The molecule has 2 amide bonds. The summed E-state index contributed by atoms with van der Waals surface area (Å²) in [5, 5.41) is 2.60. The maximum absolute atomic E-state index is 13.3. The Morgan fingerprint density at radius 2 is 1.86 bits per heavy atom. The minimum absolute atomic E-state index is 0.199. The van der Waals surface area contributed by atoms with E-state index in [4.69, 9.17) is 5.73 Å². The number of nitrogens with one attached hydrogen (secondary N) is 1.